The van der Waals surface area contributed by atoms with E-state index in [1.54, 1.807) is 0 Å². The summed E-state index contributed by atoms with van der Waals surface area (Å²) in [5.74, 6) is 0.719. The topological polar surface area (TPSA) is 83.2 Å². The lowest BCUT2D eigenvalue weighted by molar-refractivity contribution is 0.285. The molecule has 0 radical (unpaired) electrons. The van der Waals surface area contributed by atoms with Gasteiger partial charge in [-0.15, -0.1) is 4.98 Å². The van der Waals surface area contributed by atoms with Crippen LogP contribution in [0.3, 0.4) is 0 Å². The molecule has 0 saturated carbocycles. The maximum atomic E-state index is 5.62. The Labute approximate surface area is 125 Å². The van der Waals surface area contributed by atoms with Crippen molar-refractivity contribution in [1.82, 2.24) is 15.0 Å². The molecule has 2 rings (SSSR count). The van der Waals surface area contributed by atoms with Crippen molar-refractivity contribution in [2.45, 2.75) is 20.3 Å². The van der Waals surface area contributed by atoms with E-state index in [-0.39, 0.29) is 18.0 Å². The molecule has 7 heteroatoms. The number of halogens is 1. The summed E-state index contributed by atoms with van der Waals surface area (Å²) >= 11 is 3.40. The maximum absolute atomic E-state index is 5.62. The van der Waals surface area contributed by atoms with Gasteiger partial charge in [0.1, 0.15) is 5.75 Å². The Balaban J connectivity index is 2.21. The summed E-state index contributed by atoms with van der Waals surface area (Å²) in [6.07, 6.45) is 0.855. The van der Waals surface area contributed by atoms with Crippen molar-refractivity contribution in [3.8, 4) is 17.8 Å². The number of rotatable bonds is 5. The van der Waals surface area contributed by atoms with Gasteiger partial charge in [0.25, 0.3) is 0 Å². The molecule has 2 N–H and O–H groups in total. The normalized spacial score (nSPS) is 10.3. The fourth-order valence-corrected chi connectivity index (χ4v) is 1.96. The summed E-state index contributed by atoms with van der Waals surface area (Å²) in [6.45, 7) is 4.44. The van der Waals surface area contributed by atoms with Gasteiger partial charge in [-0.2, -0.15) is 9.97 Å². The van der Waals surface area contributed by atoms with Gasteiger partial charge < -0.3 is 15.2 Å². The first kappa shape index (κ1) is 14.5. The number of benzene rings is 1. The van der Waals surface area contributed by atoms with E-state index in [0.717, 1.165) is 16.5 Å². The molecule has 0 saturated heterocycles. The van der Waals surface area contributed by atoms with Crippen LogP contribution in [0.2, 0.25) is 0 Å². The minimum absolute atomic E-state index is 0.0656. The van der Waals surface area contributed by atoms with Gasteiger partial charge in [-0.3, -0.25) is 0 Å². The summed E-state index contributed by atoms with van der Waals surface area (Å²) < 4.78 is 11.9. The molecule has 2 aromatic rings. The minimum Gasteiger partial charge on any atom is -0.463 e. The van der Waals surface area contributed by atoms with E-state index in [4.69, 9.17) is 15.2 Å². The van der Waals surface area contributed by atoms with Gasteiger partial charge in [0.15, 0.2) is 0 Å². The number of nitrogens with two attached hydrogens (primary N) is 1. The smallest absolute Gasteiger partial charge is 0.330 e. The first-order chi connectivity index (χ1) is 9.58. The zero-order valence-corrected chi connectivity index (χ0v) is 12.8. The summed E-state index contributed by atoms with van der Waals surface area (Å²) in [5.41, 5.74) is 6.57. The van der Waals surface area contributed by atoms with Gasteiger partial charge in [-0.25, -0.2) is 0 Å². The first-order valence-electron chi connectivity index (χ1n) is 6.17. The van der Waals surface area contributed by atoms with Gasteiger partial charge in [0.05, 0.1) is 6.61 Å². The molecule has 1 heterocycles. The lowest BCUT2D eigenvalue weighted by Gasteiger charge is -2.09. The van der Waals surface area contributed by atoms with Crippen LogP contribution in [0.4, 0.5) is 5.95 Å². The van der Waals surface area contributed by atoms with E-state index in [1.165, 1.54) is 0 Å². The Kier molecular flexibility index (Phi) is 4.73. The van der Waals surface area contributed by atoms with E-state index in [0.29, 0.717) is 12.4 Å². The van der Waals surface area contributed by atoms with Crippen molar-refractivity contribution in [2.24, 2.45) is 0 Å². The van der Waals surface area contributed by atoms with Gasteiger partial charge >= 0.3 is 12.0 Å². The molecule has 0 amide bonds. The summed E-state index contributed by atoms with van der Waals surface area (Å²) in [7, 11) is 0. The molecule has 0 fully saturated rings. The van der Waals surface area contributed by atoms with Crippen LogP contribution in [0.15, 0.2) is 22.7 Å². The average molecular weight is 339 g/mol. The number of ether oxygens (including phenoxy) is 2. The van der Waals surface area contributed by atoms with Crippen LogP contribution < -0.4 is 15.2 Å². The molecule has 106 valence electrons. The van der Waals surface area contributed by atoms with Crippen LogP contribution >= 0.6 is 15.9 Å². The second-order valence-corrected chi connectivity index (χ2v) is 5.03. The molecular formula is C13H15BrN4O2. The second kappa shape index (κ2) is 6.51. The van der Waals surface area contributed by atoms with Crippen molar-refractivity contribution in [3.63, 3.8) is 0 Å². The highest BCUT2D eigenvalue weighted by Gasteiger charge is 2.09. The zero-order valence-electron chi connectivity index (χ0n) is 11.3. The van der Waals surface area contributed by atoms with Crippen molar-refractivity contribution in [3.05, 3.63) is 28.2 Å². The highest BCUT2D eigenvalue weighted by atomic mass is 79.9. The summed E-state index contributed by atoms with van der Waals surface area (Å²) in [4.78, 5) is 11.9. The standard InChI is InChI=1S/C13H15BrN4O2/c1-3-6-19-12-16-11(15)17-13(18-12)20-10-5-4-9(14)7-8(10)2/h4-5,7H,3,6H2,1-2H3,(H2,15,16,17,18). The molecule has 0 spiro atoms. The Morgan fingerprint density at radius 1 is 1.20 bits per heavy atom. The van der Waals surface area contributed by atoms with Gasteiger partial charge in [-0.05, 0) is 37.1 Å². The van der Waals surface area contributed by atoms with Crippen LogP contribution in [0, 0.1) is 6.92 Å². The molecule has 0 aliphatic heterocycles. The predicted molar refractivity (Wildman–Crippen MR) is 79.0 cm³/mol. The van der Waals surface area contributed by atoms with E-state index in [1.807, 2.05) is 32.0 Å². The van der Waals surface area contributed by atoms with E-state index >= 15 is 0 Å². The highest BCUT2D eigenvalue weighted by Crippen LogP contribution is 2.26. The van der Waals surface area contributed by atoms with Crippen molar-refractivity contribution >= 4 is 21.9 Å². The highest BCUT2D eigenvalue weighted by molar-refractivity contribution is 9.10. The third-order valence-electron chi connectivity index (χ3n) is 2.39. The van der Waals surface area contributed by atoms with Crippen molar-refractivity contribution < 1.29 is 9.47 Å². The number of hydrogen-bond acceptors (Lipinski definition) is 6. The number of nitrogens with zero attached hydrogens (tertiary/aromatic N) is 3. The van der Waals surface area contributed by atoms with E-state index in [2.05, 4.69) is 30.9 Å². The van der Waals surface area contributed by atoms with Crippen LogP contribution in [0.1, 0.15) is 18.9 Å². The molecule has 0 atom stereocenters. The van der Waals surface area contributed by atoms with Gasteiger partial charge in [-0.1, -0.05) is 22.9 Å². The van der Waals surface area contributed by atoms with Crippen LogP contribution in [-0.2, 0) is 0 Å². The summed E-state index contributed by atoms with van der Waals surface area (Å²) in [6, 6.07) is 5.93. The largest absolute Gasteiger partial charge is 0.463 e. The quantitative estimate of drug-likeness (QED) is 0.901. The molecule has 0 bridgehead atoms. The Hall–Kier alpha value is -1.89. The molecule has 20 heavy (non-hydrogen) atoms. The summed E-state index contributed by atoms with van der Waals surface area (Å²) in [5, 5.41) is 0. The lowest BCUT2D eigenvalue weighted by atomic mass is 10.2. The fraction of sp³-hybridized carbons (Fsp3) is 0.308. The number of anilines is 1. The first-order valence-corrected chi connectivity index (χ1v) is 6.96. The molecule has 0 unspecified atom stereocenters. The Morgan fingerprint density at radius 3 is 2.65 bits per heavy atom. The average Bonchev–Trinajstić information content (AvgIpc) is 2.39. The van der Waals surface area contributed by atoms with Crippen LogP contribution in [0.5, 0.6) is 17.8 Å². The fourth-order valence-electron chi connectivity index (χ4n) is 1.48. The Bertz CT molecular complexity index is 607. The van der Waals surface area contributed by atoms with Crippen LogP contribution in [-0.4, -0.2) is 21.6 Å². The van der Waals surface area contributed by atoms with E-state index in [9.17, 15) is 0 Å². The number of aryl methyl sites for hydroxylation is 1. The molecular weight excluding hydrogens is 324 g/mol. The molecule has 1 aromatic heterocycles. The zero-order chi connectivity index (χ0) is 14.5. The maximum Gasteiger partial charge on any atom is 0.330 e. The number of aromatic nitrogens is 3. The lowest BCUT2D eigenvalue weighted by Crippen LogP contribution is -2.06. The van der Waals surface area contributed by atoms with Crippen molar-refractivity contribution in [2.75, 3.05) is 12.3 Å². The Morgan fingerprint density at radius 2 is 1.95 bits per heavy atom. The minimum atomic E-state index is 0.0656. The predicted octanol–water partition coefficient (Wildman–Crippen LogP) is 3.11. The monoisotopic (exact) mass is 338 g/mol. The molecule has 0 aliphatic carbocycles. The third-order valence-corrected chi connectivity index (χ3v) is 2.88. The van der Waals surface area contributed by atoms with Crippen LogP contribution in [0.25, 0.3) is 0 Å². The van der Waals surface area contributed by atoms with Gasteiger partial charge in [0.2, 0.25) is 5.95 Å². The van der Waals surface area contributed by atoms with E-state index < -0.39 is 0 Å². The third kappa shape index (κ3) is 3.80. The molecule has 6 nitrogen and oxygen atoms in total. The SMILES string of the molecule is CCCOc1nc(N)nc(Oc2ccc(Br)cc2C)n1. The second-order valence-electron chi connectivity index (χ2n) is 4.12. The number of hydrogen-bond donors (Lipinski definition) is 1. The van der Waals surface area contributed by atoms with Gasteiger partial charge in [0, 0.05) is 4.47 Å². The molecule has 0 aliphatic rings. The molecule has 1 aromatic carbocycles. The number of nitrogen functional groups attached to an aromatic ring is 1. The van der Waals surface area contributed by atoms with Crippen molar-refractivity contribution in [1.29, 1.82) is 0 Å².